The molecule has 2 aromatic rings. The van der Waals surface area contributed by atoms with Gasteiger partial charge in [-0.1, -0.05) is 123 Å². The Bertz CT molecular complexity index is 1210. The van der Waals surface area contributed by atoms with Gasteiger partial charge in [0.15, 0.2) is 0 Å². The van der Waals surface area contributed by atoms with Crippen molar-refractivity contribution < 1.29 is 19.1 Å². The van der Waals surface area contributed by atoms with Crippen LogP contribution in [-0.4, -0.2) is 4.70 Å². The van der Waals surface area contributed by atoms with E-state index in [1.54, 1.807) is 4.70 Å². The molecule has 2 nitrogen and oxygen atoms in total. The summed E-state index contributed by atoms with van der Waals surface area (Å²) in [6, 6.07) is 18.1. The van der Waals surface area contributed by atoms with E-state index in [2.05, 4.69) is 90.1 Å². The number of hydrogen-bond donors (Lipinski definition) is 0. The Labute approximate surface area is 316 Å². The molecule has 0 saturated carbocycles. The van der Waals surface area contributed by atoms with E-state index in [0.29, 0.717) is 0 Å². The van der Waals surface area contributed by atoms with E-state index in [1.807, 2.05) is 14.4 Å². The van der Waals surface area contributed by atoms with Crippen LogP contribution in [0.15, 0.2) is 59.7 Å². The van der Waals surface area contributed by atoms with E-state index in [4.69, 9.17) is 0 Å². The van der Waals surface area contributed by atoms with Crippen LogP contribution < -0.4 is 0 Å². The summed E-state index contributed by atoms with van der Waals surface area (Å²) in [5.41, 5.74) is 21.7. The summed E-state index contributed by atoms with van der Waals surface area (Å²) in [5.74, 6) is 0. The molecule has 0 atom stereocenters. The second-order valence-corrected chi connectivity index (χ2v) is 15.9. The molecule has 0 aliphatic carbocycles. The van der Waals surface area contributed by atoms with Gasteiger partial charge in [0.25, 0.3) is 0 Å². The van der Waals surface area contributed by atoms with Gasteiger partial charge in [0, 0.05) is 22.3 Å². The van der Waals surface area contributed by atoms with Gasteiger partial charge in [-0.25, -0.2) is 4.70 Å². The van der Waals surface area contributed by atoms with Crippen LogP contribution in [0.1, 0.15) is 199 Å². The Balaban J connectivity index is 0.000000845. The zero-order valence-electron chi connectivity index (χ0n) is 33.5. The van der Waals surface area contributed by atoms with Crippen LogP contribution in [0.2, 0.25) is 10.8 Å². The number of aryl methyl sites for hydroxylation is 2. The molecule has 0 saturated heterocycles. The average Bonchev–Trinajstić information content (AvgIpc) is 3.41. The number of unbranched alkanes of at least 4 members (excludes halogenated alkanes) is 13. The van der Waals surface area contributed by atoms with Crippen LogP contribution >= 0.6 is 0 Å². The predicted octanol–water partition coefficient (Wildman–Crippen LogP) is 16.2. The van der Waals surface area contributed by atoms with Gasteiger partial charge >= 0.3 is 64.8 Å². The van der Waals surface area contributed by atoms with Gasteiger partial charge in [-0.05, 0) is 86.8 Å². The first-order valence-corrected chi connectivity index (χ1v) is 22.5. The normalized spacial score (nSPS) is 13.0. The first-order valence-electron chi connectivity index (χ1n) is 21.1. The fraction of sp³-hybridized carbons (Fsp3) is 0.660. The van der Waals surface area contributed by atoms with Crippen molar-refractivity contribution in [3.63, 3.8) is 0 Å². The molecule has 3 heteroatoms. The van der Waals surface area contributed by atoms with E-state index in [0.717, 1.165) is 48.2 Å². The molecule has 0 aromatic heterocycles. The van der Waals surface area contributed by atoms with Crippen LogP contribution in [0.25, 0.3) is 16.9 Å². The van der Waals surface area contributed by atoms with E-state index in [-0.39, 0.29) is 0 Å². The Morgan fingerprint density at radius 1 is 0.400 bits per heavy atom. The van der Waals surface area contributed by atoms with E-state index >= 15 is 0 Å². The van der Waals surface area contributed by atoms with Gasteiger partial charge in [-0.2, -0.15) is 0 Å². The summed E-state index contributed by atoms with van der Waals surface area (Å²) in [5, 5.41) is 2.78. The molecule has 0 radical (unpaired) electrons. The van der Waals surface area contributed by atoms with Crippen LogP contribution in [0, 0.1) is 0 Å². The monoisotopic (exact) mass is 727 g/mol. The molecule has 0 fully saturated rings. The van der Waals surface area contributed by atoms with Crippen molar-refractivity contribution >= 4 is 11.4 Å². The van der Waals surface area contributed by atoms with Crippen LogP contribution in [0.5, 0.6) is 0 Å². The second-order valence-electron chi connectivity index (χ2n) is 14.4. The molecule has 0 bridgehead atoms. The predicted molar refractivity (Wildman–Crippen MR) is 218 cm³/mol. The SMILES string of the molecule is CCCCCCCCc1ccc(C2=C(CCCCCC)C(CCCCC)=C(c3ccc(CCCC)cc3)[N+]2=[N-])cc1.CCC[CH2][Ni][CH2]CCC. The van der Waals surface area contributed by atoms with E-state index < -0.39 is 0 Å². The molecule has 3 rings (SSSR count). The Kier molecular flexibility index (Phi) is 25.3. The number of nitrogens with zero attached hydrogens (tertiary/aromatic N) is 2. The molecule has 1 heterocycles. The topological polar surface area (TPSA) is 25.3 Å². The fourth-order valence-electron chi connectivity index (χ4n) is 6.67. The maximum absolute atomic E-state index is 11.9. The Morgan fingerprint density at radius 2 is 0.740 bits per heavy atom. The summed E-state index contributed by atoms with van der Waals surface area (Å²) in [6.45, 7) is 13.6. The summed E-state index contributed by atoms with van der Waals surface area (Å²) in [4.78, 5) is 0. The van der Waals surface area contributed by atoms with Crippen molar-refractivity contribution in [1.29, 1.82) is 0 Å². The van der Waals surface area contributed by atoms with Gasteiger partial charge in [-0.3, -0.25) is 0 Å². The molecular formula is C47H76N2Ni. The van der Waals surface area contributed by atoms with Crippen molar-refractivity contribution in [2.45, 2.75) is 200 Å². The minimum atomic E-state index is 1.01. The van der Waals surface area contributed by atoms with Crippen molar-refractivity contribution in [3.05, 3.63) is 87.5 Å². The third-order valence-electron chi connectivity index (χ3n) is 9.92. The number of allylic oxidation sites excluding steroid dienone is 2. The Morgan fingerprint density at radius 3 is 1.20 bits per heavy atom. The van der Waals surface area contributed by atoms with Crippen LogP contribution in [-0.2, 0) is 27.3 Å². The van der Waals surface area contributed by atoms with Gasteiger partial charge in [-0.15, -0.1) is 0 Å². The van der Waals surface area contributed by atoms with E-state index in [9.17, 15) is 5.53 Å². The van der Waals surface area contributed by atoms with Crippen LogP contribution in [0.4, 0.5) is 0 Å². The molecule has 1 aliphatic rings. The maximum atomic E-state index is 11.9. The molecule has 50 heavy (non-hydrogen) atoms. The zero-order chi connectivity index (χ0) is 36.2. The molecule has 2 aromatic carbocycles. The Hall–Kier alpha value is -1.99. The molecule has 0 amide bonds. The average molecular weight is 728 g/mol. The molecule has 284 valence electrons. The van der Waals surface area contributed by atoms with Crippen molar-refractivity contribution in [1.82, 2.24) is 0 Å². The third-order valence-corrected chi connectivity index (χ3v) is 11.3. The van der Waals surface area contributed by atoms with Crippen molar-refractivity contribution in [2.24, 2.45) is 0 Å². The molecule has 0 N–H and O–H groups in total. The van der Waals surface area contributed by atoms with Crippen molar-refractivity contribution in [2.75, 3.05) is 0 Å². The first kappa shape index (κ1) is 44.2. The number of hydrogen-bond acceptors (Lipinski definition) is 0. The molecular weight excluding hydrogens is 651 g/mol. The molecule has 0 unspecified atom stereocenters. The molecule has 0 spiro atoms. The van der Waals surface area contributed by atoms with Gasteiger partial charge in [0.05, 0.1) is 0 Å². The van der Waals surface area contributed by atoms with Gasteiger partial charge in [0.2, 0.25) is 11.4 Å². The number of rotatable bonds is 27. The second kappa shape index (κ2) is 28.6. The first-order chi connectivity index (χ1) is 24.6. The summed E-state index contributed by atoms with van der Waals surface area (Å²) >= 11 is 1.94. The van der Waals surface area contributed by atoms with Crippen LogP contribution in [0.3, 0.4) is 0 Å². The quantitative estimate of drug-likeness (QED) is 0.0497. The van der Waals surface area contributed by atoms with Gasteiger partial charge in [0.1, 0.15) is 0 Å². The summed E-state index contributed by atoms with van der Waals surface area (Å²) in [7, 11) is 0. The molecule has 1 aliphatic heterocycles. The summed E-state index contributed by atoms with van der Waals surface area (Å²) in [6.07, 6.45) is 28.8. The third kappa shape index (κ3) is 16.6. The fourth-order valence-corrected chi connectivity index (χ4v) is 8.11. The van der Waals surface area contributed by atoms with Crippen molar-refractivity contribution in [3.8, 4) is 0 Å². The standard InChI is InChI=1S/C39H58N2.2C4H9.Ni/c1-5-9-13-15-16-18-21-33-26-30-35(31-27-33)39-37(23-19-14-10-6-2)36(22-17-11-7-3)38(41(39)40)34-28-24-32(25-29-34)20-12-8-4;2*1-3-4-2;/h24-31H,5-23H2,1-4H3;2*1,3-4H2,2H3;. The zero-order valence-corrected chi connectivity index (χ0v) is 34.5. The van der Waals surface area contributed by atoms with Gasteiger partial charge < -0.3 is 5.53 Å². The van der Waals surface area contributed by atoms with E-state index in [1.165, 1.54) is 155 Å². The number of benzene rings is 2. The minimum absolute atomic E-state index is 1.01. The summed E-state index contributed by atoms with van der Waals surface area (Å²) < 4.78 is 1.56.